The van der Waals surface area contributed by atoms with Crippen molar-refractivity contribution in [3.05, 3.63) is 51.9 Å². The van der Waals surface area contributed by atoms with Crippen molar-refractivity contribution in [3.8, 4) is 5.75 Å². The molecule has 1 amide bonds. The van der Waals surface area contributed by atoms with Gasteiger partial charge in [0.05, 0.1) is 31.4 Å². The molecule has 136 valence electrons. The number of thiophene rings is 1. The van der Waals surface area contributed by atoms with Crippen LogP contribution in [0.3, 0.4) is 0 Å². The number of para-hydroxylation sites is 2. The zero-order valence-corrected chi connectivity index (χ0v) is 15.4. The Morgan fingerprint density at radius 1 is 1.35 bits per heavy atom. The maximum atomic E-state index is 12.4. The standard InChI is InChI=1S/C18H20N4O3S/c1-3-22(10-15-19-13-8-9-26-17(13)18(24)21-15)11-16(23)20-12-6-4-5-7-14(12)25-2/h4-9H,3,10-11H2,1-2H3,(H,20,23)(H,19,21,24). The second kappa shape index (κ2) is 8.11. The smallest absolute Gasteiger partial charge is 0.268 e. The van der Waals surface area contributed by atoms with Crippen molar-refractivity contribution in [1.82, 2.24) is 14.9 Å². The summed E-state index contributed by atoms with van der Waals surface area (Å²) in [4.78, 5) is 33.6. The fourth-order valence-electron chi connectivity index (χ4n) is 2.63. The predicted octanol–water partition coefficient (Wildman–Crippen LogP) is 2.45. The maximum absolute atomic E-state index is 12.4. The minimum Gasteiger partial charge on any atom is -0.495 e. The van der Waals surface area contributed by atoms with E-state index in [0.717, 1.165) is 0 Å². The Morgan fingerprint density at radius 3 is 2.92 bits per heavy atom. The zero-order valence-electron chi connectivity index (χ0n) is 14.6. The first-order valence-electron chi connectivity index (χ1n) is 8.22. The Balaban J connectivity index is 1.68. The number of H-pyrrole nitrogens is 1. The number of benzene rings is 1. The van der Waals surface area contributed by atoms with Crippen molar-refractivity contribution in [2.75, 3.05) is 25.5 Å². The van der Waals surface area contributed by atoms with Gasteiger partial charge < -0.3 is 15.0 Å². The molecule has 1 aromatic carbocycles. The topological polar surface area (TPSA) is 87.3 Å². The van der Waals surface area contributed by atoms with E-state index >= 15 is 0 Å². The number of aromatic nitrogens is 2. The summed E-state index contributed by atoms with van der Waals surface area (Å²) in [7, 11) is 1.56. The molecule has 2 heterocycles. The van der Waals surface area contributed by atoms with Crippen LogP contribution < -0.4 is 15.6 Å². The summed E-state index contributed by atoms with van der Waals surface area (Å²) < 4.78 is 5.86. The second-order valence-electron chi connectivity index (χ2n) is 5.70. The van der Waals surface area contributed by atoms with Crippen LogP contribution in [-0.2, 0) is 11.3 Å². The van der Waals surface area contributed by atoms with Crippen molar-refractivity contribution < 1.29 is 9.53 Å². The molecule has 0 aliphatic heterocycles. The van der Waals surface area contributed by atoms with Gasteiger partial charge in [0.15, 0.2) is 0 Å². The van der Waals surface area contributed by atoms with E-state index in [0.29, 0.717) is 40.6 Å². The van der Waals surface area contributed by atoms with E-state index in [-0.39, 0.29) is 18.0 Å². The minimum atomic E-state index is -0.157. The van der Waals surface area contributed by atoms with E-state index in [9.17, 15) is 9.59 Å². The van der Waals surface area contributed by atoms with Crippen LogP contribution in [0.4, 0.5) is 5.69 Å². The molecule has 0 atom stereocenters. The van der Waals surface area contributed by atoms with E-state index in [1.54, 1.807) is 19.2 Å². The van der Waals surface area contributed by atoms with Gasteiger partial charge in [0.2, 0.25) is 5.91 Å². The fourth-order valence-corrected chi connectivity index (χ4v) is 3.35. The van der Waals surface area contributed by atoms with Crippen molar-refractivity contribution in [2.45, 2.75) is 13.5 Å². The van der Waals surface area contributed by atoms with Crippen LogP contribution >= 0.6 is 11.3 Å². The van der Waals surface area contributed by atoms with Gasteiger partial charge >= 0.3 is 0 Å². The highest BCUT2D eigenvalue weighted by atomic mass is 32.1. The number of rotatable bonds is 7. The number of nitrogens with zero attached hydrogens (tertiary/aromatic N) is 2. The monoisotopic (exact) mass is 372 g/mol. The minimum absolute atomic E-state index is 0.144. The molecule has 2 N–H and O–H groups in total. The summed E-state index contributed by atoms with van der Waals surface area (Å²) in [6.45, 7) is 3.17. The van der Waals surface area contributed by atoms with Crippen molar-refractivity contribution in [2.24, 2.45) is 0 Å². The van der Waals surface area contributed by atoms with Crippen molar-refractivity contribution in [1.29, 1.82) is 0 Å². The van der Waals surface area contributed by atoms with Crippen LogP contribution in [0.5, 0.6) is 5.75 Å². The summed E-state index contributed by atoms with van der Waals surface area (Å²) in [5, 5.41) is 4.69. The van der Waals surface area contributed by atoms with Crippen molar-refractivity contribution >= 4 is 33.1 Å². The largest absolute Gasteiger partial charge is 0.495 e. The summed E-state index contributed by atoms with van der Waals surface area (Å²) in [5.74, 6) is 1.00. The van der Waals surface area contributed by atoms with Gasteiger partial charge in [-0.25, -0.2) is 4.98 Å². The van der Waals surface area contributed by atoms with Gasteiger partial charge in [0, 0.05) is 0 Å². The highest BCUT2D eigenvalue weighted by molar-refractivity contribution is 7.17. The third-order valence-corrected chi connectivity index (χ3v) is 4.84. The molecular formula is C18H20N4O3S. The van der Waals surface area contributed by atoms with Crippen LogP contribution in [0.2, 0.25) is 0 Å². The average Bonchev–Trinajstić information content (AvgIpc) is 3.10. The summed E-state index contributed by atoms with van der Waals surface area (Å²) in [6, 6.07) is 9.08. The van der Waals surface area contributed by atoms with Gasteiger partial charge in [0.1, 0.15) is 16.3 Å². The molecule has 0 spiro atoms. The third-order valence-electron chi connectivity index (χ3n) is 3.93. The van der Waals surface area contributed by atoms with E-state index in [1.165, 1.54) is 11.3 Å². The number of methoxy groups -OCH3 is 1. The van der Waals surface area contributed by atoms with Gasteiger partial charge in [-0.05, 0) is 30.1 Å². The van der Waals surface area contributed by atoms with Gasteiger partial charge in [-0.15, -0.1) is 11.3 Å². The fraction of sp³-hybridized carbons (Fsp3) is 0.278. The van der Waals surface area contributed by atoms with Crippen LogP contribution in [0.1, 0.15) is 12.7 Å². The molecule has 0 saturated heterocycles. The summed E-state index contributed by atoms with van der Waals surface area (Å²) in [5.41, 5.74) is 1.17. The lowest BCUT2D eigenvalue weighted by Gasteiger charge is -2.19. The first-order chi connectivity index (χ1) is 12.6. The van der Waals surface area contributed by atoms with E-state index in [1.807, 2.05) is 35.4 Å². The highest BCUT2D eigenvalue weighted by Crippen LogP contribution is 2.22. The van der Waals surface area contributed by atoms with Gasteiger partial charge in [0.25, 0.3) is 5.56 Å². The zero-order chi connectivity index (χ0) is 18.5. The molecule has 0 aliphatic carbocycles. The Hall–Kier alpha value is -2.71. The number of aromatic amines is 1. The van der Waals surface area contributed by atoms with Gasteiger partial charge in [-0.2, -0.15) is 0 Å². The molecule has 0 unspecified atom stereocenters. The Kier molecular flexibility index (Phi) is 5.65. The molecule has 2 aromatic heterocycles. The van der Waals surface area contributed by atoms with Crippen molar-refractivity contribution in [3.63, 3.8) is 0 Å². The van der Waals surface area contributed by atoms with Crippen LogP contribution in [0.25, 0.3) is 10.2 Å². The molecule has 0 radical (unpaired) electrons. The molecule has 0 bridgehead atoms. The Morgan fingerprint density at radius 2 is 2.15 bits per heavy atom. The molecular weight excluding hydrogens is 352 g/mol. The number of hydrogen-bond donors (Lipinski definition) is 2. The predicted molar refractivity (Wildman–Crippen MR) is 103 cm³/mol. The normalized spacial score (nSPS) is 11.0. The van der Waals surface area contributed by atoms with Crippen LogP contribution in [0, 0.1) is 0 Å². The molecule has 7 nitrogen and oxygen atoms in total. The van der Waals surface area contributed by atoms with E-state index in [2.05, 4.69) is 15.3 Å². The number of anilines is 1. The number of hydrogen-bond acceptors (Lipinski definition) is 6. The average molecular weight is 372 g/mol. The number of amides is 1. The third kappa shape index (κ3) is 4.09. The van der Waals surface area contributed by atoms with Crippen LogP contribution in [0.15, 0.2) is 40.5 Å². The number of carbonyl (C=O) groups is 1. The highest BCUT2D eigenvalue weighted by Gasteiger charge is 2.14. The number of ether oxygens (including phenoxy) is 1. The number of carbonyl (C=O) groups excluding carboxylic acids is 1. The van der Waals surface area contributed by atoms with E-state index < -0.39 is 0 Å². The Bertz CT molecular complexity index is 966. The number of nitrogens with one attached hydrogen (secondary N) is 2. The van der Waals surface area contributed by atoms with Crippen LogP contribution in [-0.4, -0.2) is 41.0 Å². The summed E-state index contributed by atoms with van der Waals surface area (Å²) in [6.07, 6.45) is 0. The molecule has 3 rings (SSSR count). The molecule has 0 saturated carbocycles. The Labute approximate surface area is 154 Å². The lowest BCUT2D eigenvalue weighted by Crippen LogP contribution is -2.33. The van der Waals surface area contributed by atoms with E-state index in [4.69, 9.17) is 4.74 Å². The molecule has 3 aromatic rings. The molecule has 8 heteroatoms. The SMILES string of the molecule is CCN(CC(=O)Nc1ccccc1OC)Cc1nc2ccsc2c(=O)[nH]1. The maximum Gasteiger partial charge on any atom is 0.268 e. The van der Waals surface area contributed by atoms with Gasteiger partial charge in [-0.3, -0.25) is 14.5 Å². The number of fused-ring (bicyclic) bond motifs is 1. The first-order valence-corrected chi connectivity index (χ1v) is 9.10. The molecule has 0 aliphatic rings. The molecule has 0 fully saturated rings. The lowest BCUT2D eigenvalue weighted by molar-refractivity contribution is -0.117. The quantitative estimate of drug-likeness (QED) is 0.665. The molecule has 26 heavy (non-hydrogen) atoms. The number of likely N-dealkylation sites (N-methyl/N-ethyl adjacent to an activating group) is 1. The summed E-state index contributed by atoms with van der Waals surface area (Å²) >= 11 is 1.37. The van der Waals surface area contributed by atoms with Gasteiger partial charge in [-0.1, -0.05) is 19.1 Å². The second-order valence-corrected chi connectivity index (χ2v) is 6.62. The first kappa shape index (κ1) is 18.1. The lowest BCUT2D eigenvalue weighted by atomic mass is 10.3.